The molecule has 2 N–H and O–H groups in total. The van der Waals surface area contributed by atoms with Crippen molar-refractivity contribution in [2.75, 3.05) is 0 Å². The third kappa shape index (κ3) is 3.34. The van der Waals surface area contributed by atoms with Gasteiger partial charge in [-0.3, -0.25) is 0 Å². The minimum absolute atomic E-state index is 0.0915. The first-order valence-corrected chi connectivity index (χ1v) is 6.82. The summed E-state index contributed by atoms with van der Waals surface area (Å²) in [6.45, 7) is 0.493. The second-order valence-corrected chi connectivity index (χ2v) is 5.08. The topological polar surface area (TPSA) is 49.8 Å². The SMILES string of the molecule is N#Cc1cccc(CSc2cccc(CN)c2)c1F. The molecule has 2 aromatic carbocycles. The van der Waals surface area contributed by atoms with Crippen LogP contribution in [-0.2, 0) is 12.3 Å². The van der Waals surface area contributed by atoms with Gasteiger partial charge in [-0.25, -0.2) is 4.39 Å². The molecule has 96 valence electrons. The van der Waals surface area contributed by atoms with Gasteiger partial charge >= 0.3 is 0 Å². The van der Waals surface area contributed by atoms with Gasteiger partial charge in [0.05, 0.1) is 5.56 Å². The molecule has 0 unspecified atom stereocenters. The number of thioether (sulfide) groups is 1. The summed E-state index contributed by atoms with van der Waals surface area (Å²) in [4.78, 5) is 1.05. The lowest BCUT2D eigenvalue weighted by Crippen LogP contribution is -1.96. The number of halogens is 1. The molecule has 2 nitrogen and oxygen atoms in total. The fourth-order valence-corrected chi connectivity index (χ4v) is 2.66. The predicted molar refractivity (Wildman–Crippen MR) is 75.0 cm³/mol. The van der Waals surface area contributed by atoms with Gasteiger partial charge in [-0.15, -0.1) is 11.8 Å². The van der Waals surface area contributed by atoms with Crippen LogP contribution in [-0.4, -0.2) is 0 Å². The predicted octanol–water partition coefficient (Wildman–Crippen LogP) is 3.45. The Morgan fingerprint density at radius 3 is 2.74 bits per heavy atom. The number of nitriles is 1. The summed E-state index contributed by atoms with van der Waals surface area (Å²) >= 11 is 1.53. The van der Waals surface area contributed by atoms with E-state index in [1.807, 2.05) is 30.3 Å². The Hall–Kier alpha value is -1.83. The van der Waals surface area contributed by atoms with Crippen LogP contribution < -0.4 is 5.73 Å². The minimum Gasteiger partial charge on any atom is -0.326 e. The molecule has 0 atom stereocenters. The van der Waals surface area contributed by atoms with E-state index in [2.05, 4.69) is 0 Å². The van der Waals surface area contributed by atoms with Crippen LogP contribution in [0.5, 0.6) is 0 Å². The van der Waals surface area contributed by atoms with E-state index in [0.717, 1.165) is 10.5 Å². The minimum atomic E-state index is -0.424. The van der Waals surface area contributed by atoms with Crippen LogP contribution in [0.1, 0.15) is 16.7 Å². The van der Waals surface area contributed by atoms with Crippen LogP contribution >= 0.6 is 11.8 Å². The van der Waals surface area contributed by atoms with Crippen molar-refractivity contribution in [1.29, 1.82) is 5.26 Å². The molecule has 0 saturated carbocycles. The lowest BCUT2D eigenvalue weighted by atomic mass is 10.1. The Morgan fingerprint density at radius 1 is 1.21 bits per heavy atom. The lowest BCUT2D eigenvalue weighted by Gasteiger charge is -2.05. The molecule has 0 saturated heterocycles. The standard InChI is InChI=1S/C15H13FN2S/c16-15-12(9-18)4-2-5-13(15)10-19-14-6-1-3-11(7-14)8-17/h1-7H,8,10,17H2. The summed E-state index contributed by atoms with van der Waals surface area (Å²) in [6.07, 6.45) is 0. The largest absolute Gasteiger partial charge is 0.326 e. The van der Waals surface area contributed by atoms with Gasteiger partial charge in [0.2, 0.25) is 0 Å². The zero-order valence-corrected chi connectivity index (χ0v) is 11.1. The number of rotatable bonds is 4. The maximum absolute atomic E-state index is 13.9. The van der Waals surface area contributed by atoms with E-state index in [4.69, 9.17) is 11.0 Å². The molecule has 2 rings (SSSR count). The average molecular weight is 272 g/mol. The highest BCUT2D eigenvalue weighted by Gasteiger charge is 2.07. The Kier molecular flexibility index (Phi) is 4.56. The monoisotopic (exact) mass is 272 g/mol. The van der Waals surface area contributed by atoms with Crippen LogP contribution in [0.2, 0.25) is 0 Å². The van der Waals surface area contributed by atoms with Gasteiger partial charge in [0.1, 0.15) is 11.9 Å². The molecule has 0 heterocycles. The Morgan fingerprint density at radius 2 is 2.00 bits per heavy atom. The molecule has 0 aliphatic heterocycles. The molecule has 0 radical (unpaired) electrons. The van der Waals surface area contributed by atoms with Crippen LogP contribution in [0, 0.1) is 17.1 Å². The van der Waals surface area contributed by atoms with Gasteiger partial charge < -0.3 is 5.73 Å². The normalized spacial score (nSPS) is 10.2. The maximum Gasteiger partial charge on any atom is 0.144 e. The third-order valence-electron chi connectivity index (χ3n) is 2.73. The number of hydrogen-bond donors (Lipinski definition) is 1. The second kappa shape index (κ2) is 6.37. The summed E-state index contributed by atoms with van der Waals surface area (Å²) in [6, 6.07) is 14.6. The van der Waals surface area contributed by atoms with Gasteiger partial charge in [-0.1, -0.05) is 24.3 Å². The highest BCUT2D eigenvalue weighted by Crippen LogP contribution is 2.25. The molecule has 0 aliphatic rings. The smallest absolute Gasteiger partial charge is 0.144 e. The number of nitrogens with two attached hydrogens (primary N) is 1. The Bertz CT molecular complexity index is 620. The van der Waals surface area contributed by atoms with Gasteiger partial charge in [-0.05, 0) is 29.3 Å². The quantitative estimate of drug-likeness (QED) is 0.867. The van der Waals surface area contributed by atoms with Gasteiger partial charge in [0, 0.05) is 17.2 Å². The van der Waals surface area contributed by atoms with E-state index in [0.29, 0.717) is 17.9 Å². The van der Waals surface area contributed by atoms with Gasteiger partial charge in [0.15, 0.2) is 0 Å². The third-order valence-corrected chi connectivity index (χ3v) is 3.77. The number of benzene rings is 2. The van der Waals surface area contributed by atoms with Crippen molar-refractivity contribution in [3.8, 4) is 6.07 Å². The van der Waals surface area contributed by atoms with Crippen molar-refractivity contribution in [2.24, 2.45) is 5.73 Å². The Balaban J connectivity index is 2.12. The molecule has 0 bridgehead atoms. The van der Waals surface area contributed by atoms with E-state index >= 15 is 0 Å². The highest BCUT2D eigenvalue weighted by molar-refractivity contribution is 7.98. The van der Waals surface area contributed by atoms with Crippen molar-refractivity contribution in [3.63, 3.8) is 0 Å². The number of hydrogen-bond acceptors (Lipinski definition) is 3. The van der Waals surface area contributed by atoms with Crippen molar-refractivity contribution in [1.82, 2.24) is 0 Å². The molecule has 0 fully saturated rings. The van der Waals surface area contributed by atoms with Crippen molar-refractivity contribution in [3.05, 3.63) is 65.0 Å². The van der Waals surface area contributed by atoms with E-state index in [1.54, 1.807) is 12.1 Å². The molecule has 0 aliphatic carbocycles. The molecular weight excluding hydrogens is 259 g/mol. The van der Waals surface area contributed by atoms with E-state index < -0.39 is 5.82 Å². The summed E-state index contributed by atoms with van der Waals surface area (Å²) in [5.74, 6) is 0.0718. The molecule has 4 heteroatoms. The van der Waals surface area contributed by atoms with Crippen molar-refractivity contribution >= 4 is 11.8 Å². The first-order chi connectivity index (χ1) is 9.24. The molecule has 0 aromatic heterocycles. The second-order valence-electron chi connectivity index (χ2n) is 4.03. The van der Waals surface area contributed by atoms with E-state index in [9.17, 15) is 4.39 Å². The first-order valence-electron chi connectivity index (χ1n) is 5.84. The maximum atomic E-state index is 13.9. The molecule has 19 heavy (non-hydrogen) atoms. The molecule has 2 aromatic rings. The first kappa shape index (κ1) is 13.6. The van der Waals surface area contributed by atoms with Gasteiger partial charge in [-0.2, -0.15) is 5.26 Å². The fourth-order valence-electron chi connectivity index (χ4n) is 1.70. The molecule has 0 spiro atoms. The fraction of sp³-hybridized carbons (Fsp3) is 0.133. The van der Waals surface area contributed by atoms with Crippen LogP contribution in [0.3, 0.4) is 0 Å². The van der Waals surface area contributed by atoms with Crippen molar-refractivity contribution < 1.29 is 4.39 Å². The zero-order chi connectivity index (χ0) is 13.7. The highest BCUT2D eigenvalue weighted by atomic mass is 32.2. The summed E-state index contributed by atoms with van der Waals surface area (Å²) in [5.41, 5.74) is 7.27. The lowest BCUT2D eigenvalue weighted by molar-refractivity contribution is 0.613. The van der Waals surface area contributed by atoms with Crippen LogP contribution in [0.4, 0.5) is 4.39 Å². The summed E-state index contributed by atoms with van der Waals surface area (Å²) in [7, 11) is 0. The van der Waals surface area contributed by atoms with E-state index in [1.165, 1.54) is 17.8 Å². The average Bonchev–Trinajstić information content (AvgIpc) is 2.46. The number of nitrogens with zero attached hydrogens (tertiary/aromatic N) is 1. The molecular formula is C15H13FN2S. The van der Waals surface area contributed by atoms with E-state index in [-0.39, 0.29) is 5.56 Å². The van der Waals surface area contributed by atoms with Gasteiger partial charge in [0.25, 0.3) is 0 Å². The van der Waals surface area contributed by atoms with Crippen LogP contribution in [0.15, 0.2) is 47.4 Å². The summed E-state index contributed by atoms with van der Waals surface area (Å²) in [5, 5.41) is 8.79. The zero-order valence-electron chi connectivity index (χ0n) is 10.3. The van der Waals surface area contributed by atoms with Crippen molar-refractivity contribution in [2.45, 2.75) is 17.2 Å². The molecule has 0 amide bonds. The Labute approximate surface area is 116 Å². The summed E-state index contributed by atoms with van der Waals surface area (Å²) < 4.78 is 13.9. The van der Waals surface area contributed by atoms with Crippen LogP contribution in [0.25, 0.3) is 0 Å².